The number of hydrogen-bond donors (Lipinski definition) is 1. The summed E-state index contributed by atoms with van der Waals surface area (Å²) in [6.07, 6.45) is 2.61. The molecule has 0 aliphatic carbocycles. The zero-order valence-corrected chi connectivity index (χ0v) is 12.5. The van der Waals surface area contributed by atoms with Gasteiger partial charge < -0.3 is 5.73 Å². The van der Waals surface area contributed by atoms with Crippen LogP contribution in [0.5, 0.6) is 0 Å². The van der Waals surface area contributed by atoms with Crippen molar-refractivity contribution in [3.63, 3.8) is 0 Å². The molecule has 3 heterocycles. The van der Waals surface area contributed by atoms with E-state index < -0.39 is 0 Å². The third kappa shape index (κ3) is 2.13. The Kier molecular flexibility index (Phi) is 3.54. The highest BCUT2D eigenvalue weighted by molar-refractivity contribution is 7.15. The van der Waals surface area contributed by atoms with Crippen molar-refractivity contribution in [2.45, 2.75) is 26.2 Å². The predicted molar refractivity (Wildman–Crippen MR) is 83.1 cm³/mol. The Bertz CT molecular complexity index is 712. The van der Waals surface area contributed by atoms with E-state index in [0.29, 0.717) is 12.5 Å². The molecule has 3 rings (SSSR count). The van der Waals surface area contributed by atoms with Crippen LogP contribution in [-0.4, -0.2) is 20.9 Å². The van der Waals surface area contributed by atoms with Gasteiger partial charge in [0.05, 0.1) is 11.4 Å². The Hall–Kier alpha value is -1.72. The number of thiazole rings is 1. The van der Waals surface area contributed by atoms with Crippen molar-refractivity contribution >= 4 is 16.3 Å². The molecular formula is C15H18N4S. The van der Waals surface area contributed by atoms with Crippen LogP contribution in [0.3, 0.4) is 0 Å². The van der Waals surface area contributed by atoms with Gasteiger partial charge in [0.2, 0.25) is 0 Å². The van der Waals surface area contributed by atoms with E-state index in [1.807, 2.05) is 18.2 Å². The van der Waals surface area contributed by atoms with E-state index in [-0.39, 0.29) is 0 Å². The number of aromatic nitrogens is 3. The van der Waals surface area contributed by atoms with Crippen LogP contribution in [-0.2, 0) is 6.42 Å². The van der Waals surface area contributed by atoms with E-state index in [4.69, 9.17) is 10.7 Å². The van der Waals surface area contributed by atoms with Gasteiger partial charge in [0.1, 0.15) is 5.69 Å². The van der Waals surface area contributed by atoms with E-state index >= 15 is 0 Å². The molecule has 0 spiro atoms. The van der Waals surface area contributed by atoms with E-state index in [0.717, 1.165) is 22.8 Å². The number of pyridine rings is 1. The largest absolute Gasteiger partial charge is 0.330 e. The van der Waals surface area contributed by atoms with Crippen molar-refractivity contribution in [3.8, 4) is 11.4 Å². The second-order valence-corrected chi connectivity index (χ2v) is 5.93. The Morgan fingerprint density at radius 3 is 2.85 bits per heavy atom. The number of imidazole rings is 1. The molecule has 0 aromatic carbocycles. The van der Waals surface area contributed by atoms with Crippen molar-refractivity contribution in [1.29, 1.82) is 0 Å². The van der Waals surface area contributed by atoms with Crippen molar-refractivity contribution in [1.82, 2.24) is 14.4 Å². The maximum Gasteiger partial charge on any atom is 0.194 e. The van der Waals surface area contributed by atoms with Gasteiger partial charge in [-0.25, -0.2) is 4.98 Å². The lowest BCUT2D eigenvalue weighted by atomic mass is 10.1. The first-order valence-electron chi connectivity index (χ1n) is 6.82. The summed E-state index contributed by atoms with van der Waals surface area (Å²) in [5.41, 5.74) is 10.1. The average Bonchev–Trinajstić information content (AvgIpc) is 3.00. The molecule has 0 aliphatic rings. The lowest BCUT2D eigenvalue weighted by molar-refractivity contribution is 0.785. The number of fused-ring (bicyclic) bond motifs is 1. The second kappa shape index (κ2) is 5.34. The molecule has 0 amide bonds. The molecule has 0 atom stereocenters. The van der Waals surface area contributed by atoms with Gasteiger partial charge in [-0.05, 0) is 24.6 Å². The smallest absolute Gasteiger partial charge is 0.194 e. The highest BCUT2D eigenvalue weighted by atomic mass is 32.1. The molecule has 0 fully saturated rings. The number of hydrogen-bond acceptors (Lipinski definition) is 4. The monoisotopic (exact) mass is 286 g/mol. The second-order valence-electron chi connectivity index (χ2n) is 5.09. The molecule has 0 radical (unpaired) electrons. The number of rotatable bonds is 4. The first kappa shape index (κ1) is 13.3. The minimum atomic E-state index is 0.464. The zero-order chi connectivity index (χ0) is 14.1. The maximum absolute atomic E-state index is 5.79. The van der Waals surface area contributed by atoms with E-state index in [2.05, 4.69) is 28.6 Å². The van der Waals surface area contributed by atoms with Crippen LogP contribution in [0.4, 0.5) is 0 Å². The average molecular weight is 286 g/mol. The van der Waals surface area contributed by atoms with E-state index in [1.54, 1.807) is 17.5 Å². The Labute approximate surface area is 122 Å². The Morgan fingerprint density at radius 2 is 2.20 bits per heavy atom. The van der Waals surface area contributed by atoms with E-state index in [9.17, 15) is 0 Å². The summed E-state index contributed by atoms with van der Waals surface area (Å²) < 4.78 is 2.26. The lowest BCUT2D eigenvalue weighted by Gasteiger charge is -2.08. The molecule has 4 nitrogen and oxygen atoms in total. The molecule has 0 saturated heterocycles. The van der Waals surface area contributed by atoms with Gasteiger partial charge in [0.15, 0.2) is 4.96 Å². The molecule has 0 saturated carbocycles. The van der Waals surface area contributed by atoms with Crippen LogP contribution in [0.25, 0.3) is 16.3 Å². The molecule has 3 aromatic heterocycles. The summed E-state index contributed by atoms with van der Waals surface area (Å²) in [7, 11) is 0. The molecule has 2 N–H and O–H groups in total. The summed E-state index contributed by atoms with van der Waals surface area (Å²) >= 11 is 1.68. The maximum atomic E-state index is 5.79. The normalized spacial score (nSPS) is 11.6. The fourth-order valence-corrected chi connectivity index (χ4v) is 3.48. The molecular weight excluding hydrogens is 268 g/mol. The van der Waals surface area contributed by atoms with Gasteiger partial charge in [-0.2, -0.15) is 0 Å². The Balaban J connectivity index is 2.25. The molecule has 0 unspecified atom stereocenters. The van der Waals surface area contributed by atoms with Gasteiger partial charge in [0.25, 0.3) is 0 Å². The van der Waals surface area contributed by atoms with Crippen molar-refractivity contribution in [3.05, 3.63) is 41.2 Å². The third-order valence-corrected chi connectivity index (χ3v) is 4.21. The molecule has 20 heavy (non-hydrogen) atoms. The number of nitrogens with two attached hydrogens (primary N) is 1. The van der Waals surface area contributed by atoms with Gasteiger partial charge in [-0.3, -0.25) is 9.38 Å². The van der Waals surface area contributed by atoms with Crippen LogP contribution < -0.4 is 5.73 Å². The predicted octanol–water partition coefficient (Wildman–Crippen LogP) is 3.08. The molecule has 3 aromatic rings. The Morgan fingerprint density at radius 1 is 1.35 bits per heavy atom. The molecule has 0 bridgehead atoms. The number of nitrogens with zero attached hydrogens (tertiary/aromatic N) is 3. The summed E-state index contributed by atoms with van der Waals surface area (Å²) in [6.45, 7) is 5.02. The van der Waals surface area contributed by atoms with Crippen LogP contribution in [0.1, 0.15) is 31.2 Å². The first-order chi connectivity index (χ1) is 9.72. The van der Waals surface area contributed by atoms with Crippen molar-refractivity contribution in [2.75, 3.05) is 6.54 Å². The van der Waals surface area contributed by atoms with Crippen molar-refractivity contribution < 1.29 is 0 Å². The van der Waals surface area contributed by atoms with E-state index in [1.165, 1.54) is 11.4 Å². The van der Waals surface area contributed by atoms with Crippen LogP contribution in [0.15, 0.2) is 29.8 Å². The standard InChI is InChI=1S/C15H18N4S/c1-10(2)13-9-20-15-18-14(11-5-3-4-8-17-11)12(6-7-16)19(13)15/h3-5,8-10H,6-7,16H2,1-2H3. The van der Waals surface area contributed by atoms with Gasteiger partial charge in [-0.15, -0.1) is 11.3 Å². The quantitative estimate of drug-likeness (QED) is 0.802. The van der Waals surface area contributed by atoms with Crippen molar-refractivity contribution in [2.24, 2.45) is 5.73 Å². The fourth-order valence-electron chi connectivity index (χ4n) is 2.41. The molecule has 104 valence electrons. The molecule has 5 heteroatoms. The summed E-state index contributed by atoms with van der Waals surface area (Å²) in [5.74, 6) is 0.464. The highest BCUT2D eigenvalue weighted by Gasteiger charge is 2.19. The van der Waals surface area contributed by atoms with Gasteiger partial charge >= 0.3 is 0 Å². The summed E-state index contributed by atoms with van der Waals surface area (Å²) in [6, 6.07) is 5.91. The fraction of sp³-hybridized carbons (Fsp3) is 0.333. The minimum Gasteiger partial charge on any atom is -0.330 e. The first-order valence-corrected chi connectivity index (χ1v) is 7.70. The lowest BCUT2D eigenvalue weighted by Crippen LogP contribution is -2.08. The summed E-state index contributed by atoms with van der Waals surface area (Å²) in [5, 5.41) is 2.19. The van der Waals surface area contributed by atoms with Gasteiger partial charge in [-0.1, -0.05) is 19.9 Å². The zero-order valence-electron chi connectivity index (χ0n) is 11.7. The summed E-state index contributed by atoms with van der Waals surface area (Å²) in [4.78, 5) is 10.2. The van der Waals surface area contributed by atoms with Crippen LogP contribution in [0, 0.1) is 0 Å². The minimum absolute atomic E-state index is 0.464. The third-order valence-electron chi connectivity index (χ3n) is 3.37. The van der Waals surface area contributed by atoms with Crippen LogP contribution >= 0.6 is 11.3 Å². The highest BCUT2D eigenvalue weighted by Crippen LogP contribution is 2.30. The molecule has 0 aliphatic heterocycles. The topological polar surface area (TPSA) is 56.2 Å². The SMILES string of the molecule is CC(C)c1csc2nc(-c3ccccn3)c(CCN)n12. The van der Waals surface area contributed by atoms with Gasteiger partial charge in [0, 0.05) is 23.7 Å². The van der Waals surface area contributed by atoms with Crippen LogP contribution in [0.2, 0.25) is 0 Å².